The molecule has 9 heteroatoms. The number of hydrogen-bond donors (Lipinski definition) is 2. The fourth-order valence-electron chi connectivity index (χ4n) is 1.44. The van der Waals surface area contributed by atoms with Crippen molar-refractivity contribution in [2.24, 2.45) is 0 Å². The number of rotatable bonds is 7. The third kappa shape index (κ3) is 4.07. The highest BCUT2D eigenvalue weighted by atomic mass is 35.5. The second kappa shape index (κ2) is 7.24. The van der Waals surface area contributed by atoms with Gasteiger partial charge >= 0.3 is 5.97 Å². The first-order chi connectivity index (χ1) is 9.31. The molecule has 20 heavy (non-hydrogen) atoms. The number of sulfonamides is 1. The SMILES string of the molecule is COCCCNS(=O)(=O)c1ccc(Cl)c(C(=O)O)c1Cl. The van der Waals surface area contributed by atoms with E-state index in [0.717, 1.165) is 6.07 Å². The Morgan fingerprint density at radius 2 is 2.05 bits per heavy atom. The number of methoxy groups -OCH3 is 1. The van der Waals surface area contributed by atoms with Crippen LogP contribution < -0.4 is 4.72 Å². The molecule has 0 bridgehead atoms. The average Bonchev–Trinajstić information content (AvgIpc) is 2.34. The molecular weight excluding hydrogens is 329 g/mol. The molecule has 112 valence electrons. The highest BCUT2D eigenvalue weighted by molar-refractivity contribution is 7.89. The molecule has 0 amide bonds. The van der Waals surface area contributed by atoms with Crippen LogP contribution in [0.2, 0.25) is 10.0 Å². The Morgan fingerprint density at radius 3 is 2.60 bits per heavy atom. The zero-order valence-electron chi connectivity index (χ0n) is 10.5. The van der Waals surface area contributed by atoms with Gasteiger partial charge in [0.15, 0.2) is 0 Å². The predicted molar refractivity (Wildman–Crippen MR) is 75.1 cm³/mol. The smallest absolute Gasteiger partial charge is 0.338 e. The van der Waals surface area contributed by atoms with Crippen LogP contribution in [0.3, 0.4) is 0 Å². The van der Waals surface area contributed by atoms with Crippen molar-refractivity contribution >= 4 is 39.2 Å². The highest BCUT2D eigenvalue weighted by Gasteiger charge is 2.24. The first-order valence-electron chi connectivity index (χ1n) is 5.51. The van der Waals surface area contributed by atoms with Gasteiger partial charge in [0.05, 0.1) is 15.6 Å². The molecule has 1 rings (SSSR count). The third-order valence-corrected chi connectivity index (χ3v) is 4.70. The predicted octanol–water partition coefficient (Wildman–Crippen LogP) is 2.01. The molecule has 0 saturated carbocycles. The number of ether oxygens (including phenoxy) is 1. The normalized spacial score (nSPS) is 11.6. The summed E-state index contributed by atoms with van der Waals surface area (Å²) < 4.78 is 31.2. The molecular formula is C11H13Cl2NO5S. The van der Waals surface area contributed by atoms with Crippen LogP contribution in [0.25, 0.3) is 0 Å². The zero-order valence-corrected chi connectivity index (χ0v) is 12.8. The van der Waals surface area contributed by atoms with Gasteiger partial charge in [-0.2, -0.15) is 0 Å². The number of carbonyl (C=O) groups is 1. The van der Waals surface area contributed by atoms with Gasteiger partial charge in [-0.15, -0.1) is 0 Å². The molecule has 0 aliphatic carbocycles. The summed E-state index contributed by atoms with van der Waals surface area (Å²) in [6.45, 7) is 0.550. The molecule has 0 aromatic heterocycles. The quantitative estimate of drug-likeness (QED) is 0.740. The molecule has 0 atom stereocenters. The topological polar surface area (TPSA) is 92.7 Å². The monoisotopic (exact) mass is 341 g/mol. The fourth-order valence-corrected chi connectivity index (χ4v) is 3.43. The number of benzene rings is 1. The van der Waals surface area contributed by atoms with E-state index < -0.39 is 26.6 Å². The second-order valence-corrected chi connectivity index (χ2v) is 6.30. The summed E-state index contributed by atoms with van der Waals surface area (Å²) in [7, 11) is -2.40. The van der Waals surface area contributed by atoms with Gasteiger partial charge in [0.2, 0.25) is 10.0 Å². The summed E-state index contributed by atoms with van der Waals surface area (Å²) in [5.41, 5.74) is -0.437. The molecule has 0 fully saturated rings. The van der Waals surface area contributed by atoms with Crippen LogP contribution in [0.4, 0.5) is 0 Å². The van der Waals surface area contributed by atoms with E-state index in [2.05, 4.69) is 4.72 Å². The number of carboxylic acid groups (broad SMARTS) is 1. The molecule has 0 aliphatic rings. The largest absolute Gasteiger partial charge is 0.478 e. The Morgan fingerprint density at radius 1 is 1.40 bits per heavy atom. The van der Waals surface area contributed by atoms with Gasteiger partial charge in [-0.25, -0.2) is 17.9 Å². The molecule has 1 aromatic carbocycles. The molecule has 6 nitrogen and oxygen atoms in total. The number of halogens is 2. The molecule has 0 unspecified atom stereocenters. The standard InChI is InChI=1S/C11H13Cl2NO5S/c1-19-6-2-5-14-20(17,18)8-4-3-7(12)9(10(8)13)11(15)16/h3-4,14H,2,5-6H2,1H3,(H,15,16). The van der Waals surface area contributed by atoms with E-state index in [0.29, 0.717) is 13.0 Å². The fraction of sp³-hybridized carbons (Fsp3) is 0.364. The minimum Gasteiger partial charge on any atom is -0.478 e. The van der Waals surface area contributed by atoms with Gasteiger partial charge in [-0.3, -0.25) is 0 Å². The average molecular weight is 342 g/mol. The van der Waals surface area contributed by atoms with Gasteiger partial charge < -0.3 is 9.84 Å². The maximum atomic E-state index is 12.0. The minimum atomic E-state index is -3.90. The van der Waals surface area contributed by atoms with Crippen molar-refractivity contribution in [1.29, 1.82) is 0 Å². The summed E-state index contributed by atoms with van der Waals surface area (Å²) in [6.07, 6.45) is 0.479. The molecule has 0 aliphatic heterocycles. The van der Waals surface area contributed by atoms with Crippen LogP contribution in [0.1, 0.15) is 16.8 Å². The highest BCUT2D eigenvalue weighted by Crippen LogP contribution is 2.30. The van der Waals surface area contributed by atoms with E-state index in [-0.39, 0.29) is 16.5 Å². The Hall–Kier alpha value is -0.860. The number of aromatic carboxylic acids is 1. The summed E-state index contributed by atoms with van der Waals surface area (Å²) in [6, 6.07) is 2.34. The number of carboxylic acids is 1. The maximum absolute atomic E-state index is 12.0. The first kappa shape index (κ1) is 17.2. The van der Waals surface area contributed by atoms with Gasteiger partial charge in [0.1, 0.15) is 4.90 Å². The van der Waals surface area contributed by atoms with E-state index in [4.69, 9.17) is 33.0 Å². The van der Waals surface area contributed by atoms with Crippen LogP contribution in [0.5, 0.6) is 0 Å². The molecule has 0 radical (unpaired) electrons. The van der Waals surface area contributed by atoms with Crippen molar-refractivity contribution in [2.45, 2.75) is 11.3 Å². The van der Waals surface area contributed by atoms with Crippen LogP contribution in [-0.4, -0.2) is 39.8 Å². The van der Waals surface area contributed by atoms with Crippen molar-refractivity contribution in [3.05, 3.63) is 27.7 Å². The Bertz CT molecular complexity index is 603. The van der Waals surface area contributed by atoms with E-state index >= 15 is 0 Å². The molecule has 0 spiro atoms. The van der Waals surface area contributed by atoms with E-state index in [1.807, 2.05) is 0 Å². The van der Waals surface area contributed by atoms with Crippen LogP contribution in [0.15, 0.2) is 17.0 Å². The van der Waals surface area contributed by atoms with Crippen molar-refractivity contribution < 1.29 is 23.1 Å². The first-order valence-corrected chi connectivity index (χ1v) is 7.75. The van der Waals surface area contributed by atoms with Gasteiger partial charge in [-0.05, 0) is 18.6 Å². The Labute approximate surface area is 126 Å². The molecule has 0 heterocycles. The van der Waals surface area contributed by atoms with Crippen molar-refractivity contribution in [3.63, 3.8) is 0 Å². The van der Waals surface area contributed by atoms with Gasteiger partial charge in [-0.1, -0.05) is 23.2 Å². The zero-order chi connectivity index (χ0) is 15.3. The number of nitrogens with one attached hydrogen (secondary N) is 1. The van der Waals surface area contributed by atoms with Crippen LogP contribution >= 0.6 is 23.2 Å². The lowest BCUT2D eigenvalue weighted by Crippen LogP contribution is -2.26. The van der Waals surface area contributed by atoms with E-state index in [1.165, 1.54) is 13.2 Å². The van der Waals surface area contributed by atoms with Crippen molar-refractivity contribution in [1.82, 2.24) is 4.72 Å². The lowest BCUT2D eigenvalue weighted by atomic mass is 10.2. The summed E-state index contributed by atoms with van der Waals surface area (Å²) in [4.78, 5) is 10.7. The summed E-state index contributed by atoms with van der Waals surface area (Å²) in [5.74, 6) is -1.39. The van der Waals surface area contributed by atoms with Crippen molar-refractivity contribution in [3.8, 4) is 0 Å². The lowest BCUT2D eigenvalue weighted by Gasteiger charge is -2.10. The van der Waals surface area contributed by atoms with Crippen molar-refractivity contribution in [2.75, 3.05) is 20.3 Å². The summed E-state index contributed by atoms with van der Waals surface area (Å²) >= 11 is 11.5. The van der Waals surface area contributed by atoms with Gasteiger partial charge in [0, 0.05) is 20.3 Å². The molecule has 2 N–H and O–H groups in total. The Kier molecular flexibility index (Phi) is 6.22. The maximum Gasteiger partial charge on any atom is 0.338 e. The minimum absolute atomic E-state index is 0.124. The third-order valence-electron chi connectivity index (χ3n) is 2.38. The van der Waals surface area contributed by atoms with Crippen LogP contribution in [-0.2, 0) is 14.8 Å². The second-order valence-electron chi connectivity index (χ2n) is 3.78. The summed E-state index contributed by atoms with van der Waals surface area (Å²) in [5, 5.41) is 8.45. The number of hydrogen-bond acceptors (Lipinski definition) is 4. The van der Waals surface area contributed by atoms with E-state index in [9.17, 15) is 13.2 Å². The lowest BCUT2D eigenvalue weighted by molar-refractivity contribution is 0.0697. The Balaban J connectivity index is 3.07. The van der Waals surface area contributed by atoms with Gasteiger partial charge in [0.25, 0.3) is 0 Å². The molecule has 0 saturated heterocycles. The van der Waals surface area contributed by atoms with E-state index in [1.54, 1.807) is 0 Å². The molecule has 1 aromatic rings. The van der Waals surface area contributed by atoms with Crippen LogP contribution in [0, 0.1) is 0 Å².